The van der Waals surface area contributed by atoms with Crippen molar-refractivity contribution in [1.82, 2.24) is 4.90 Å². The number of rotatable bonds is 5. The maximum Gasteiger partial charge on any atom is 0.0490 e. The predicted molar refractivity (Wildman–Crippen MR) is 70.4 cm³/mol. The first-order chi connectivity index (χ1) is 7.09. The number of anilines is 1. The fourth-order valence-corrected chi connectivity index (χ4v) is 1.66. The maximum absolute atomic E-state index is 5.90. The van der Waals surface area contributed by atoms with E-state index in [0.717, 1.165) is 35.1 Å². The van der Waals surface area contributed by atoms with Gasteiger partial charge in [-0.1, -0.05) is 11.6 Å². The van der Waals surface area contributed by atoms with Crippen LogP contribution in [-0.2, 0) is 0 Å². The molecule has 84 valence electrons. The fourth-order valence-electron chi connectivity index (χ4n) is 1.27. The van der Waals surface area contributed by atoms with E-state index in [1.165, 1.54) is 0 Å². The van der Waals surface area contributed by atoms with Gasteiger partial charge in [-0.2, -0.15) is 0 Å². The minimum absolute atomic E-state index is 0.739. The van der Waals surface area contributed by atoms with E-state index in [9.17, 15) is 0 Å². The molecule has 0 aliphatic rings. The number of halogens is 1. The molecule has 15 heavy (non-hydrogen) atoms. The molecule has 4 heteroatoms. The second-order valence-electron chi connectivity index (χ2n) is 3.75. The Morgan fingerprint density at radius 2 is 2.13 bits per heavy atom. The first-order valence-corrected chi connectivity index (χ1v) is 5.79. The lowest BCUT2D eigenvalue weighted by molar-refractivity contribution is 0.405. The third-order valence-corrected chi connectivity index (χ3v) is 2.68. The van der Waals surface area contributed by atoms with Crippen molar-refractivity contribution in [2.24, 2.45) is 0 Å². The van der Waals surface area contributed by atoms with Crippen LogP contribution < -0.4 is 5.32 Å². The Labute approximate surface area is 102 Å². The zero-order valence-corrected chi connectivity index (χ0v) is 10.8. The molecule has 0 amide bonds. The lowest BCUT2D eigenvalue weighted by Gasteiger charge is -2.12. The minimum atomic E-state index is 0.739. The molecule has 0 fully saturated rings. The molecular formula is C11H17ClN2S. The summed E-state index contributed by atoms with van der Waals surface area (Å²) in [5.41, 5.74) is 1.00. The lowest BCUT2D eigenvalue weighted by Crippen LogP contribution is -2.16. The molecule has 0 atom stereocenters. The van der Waals surface area contributed by atoms with E-state index in [-0.39, 0.29) is 0 Å². The number of benzene rings is 1. The minimum Gasteiger partial charge on any atom is -0.384 e. The van der Waals surface area contributed by atoms with E-state index < -0.39 is 0 Å². The van der Waals surface area contributed by atoms with Crippen LogP contribution in [0, 0.1) is 0 Å². The van der Waals surface area contributed by atoms with Crippen LogP contribution in [0.2, 0.25) is 5.02 Å². The average molecular weight is 245 g/mol. The quantitative estimate of drug-likeness (QED) is 0.612. The molecule has 2 nitrogen and oxygen atoms in total. The highest BCUT2D eigenvalue weighted by atomic mass is 35.5. The van der Waals surface area contributed by atoms with Gasteiger partial charge in [0.1, 0.15) is 0 Å². The van der Waals surface area contributed by atoms with Gasteiger partial charge in [-0.05, 0) is 45.3 Å². The Kier molecular flexibility index (Phi) is 5.29. The van der Waals surface area contributed by atoms with Crippen LogP contribution in [0.1, 0.15) is 6.42 Å². The van der Waals surface area contributed by atoms with Gasteiger partial charge in [-0.15, -0.1) is 12.6 Å². The highest BCUT2D eigenvalue weighted by Crippen LogP contribution is 2.23. The van der Waals surface area contributed by atoms with Crippen LogP contribution in [0.5, 0.6) is 0 Å². The smallest absolute Gasteiger partial charge is 0.0490 e. The molecule has 1 aromatic rings. The summed E-state index contributed by atoms with van der Waals surface area (Å²) in [6.45, 7) is 2.02. The van der Waals surface area contributed by atoms with E-state index in [1.54, 1.807) is 0 Å². The number of hydrogen-bond donors (Lipinski definition) is 2. The van der Waals surface area contributed by atoms with Crippen LogP contribution in [-0.4, -0.2) is 32.1 Å². The SMILES string of the molecule is CN(C)CCCNc1cc(Cl)ccc1S. The van der Waals surface area contributed by atoms with Gasteiger partial charge in [-0.25, -0.2) is 0 Å². The van der Waals surface area contributed by atoms with E-state index in [1.807, 2.05) is 18.2 Å². The monoisotopic (exact) mass is 244 g/mol. The highest BCUT2D eigenvalue weighted by molar-refractivity contribution is 7.80. The maximum atomic E-state index is 5.90. The Hall–Kier alpha value is -0.380. The molecule has 0 saturated heterocycles. The van der Waals surface area contributed by atoms with Crippen molar-refractivity contribution in [3.8, 4) is 0 Å². The Balaban J connectivity index is 2.40. The molecule has 0 bridgehead atoms. The van der Waals surface area contributed by atoms with Crippen molar-refractivity contribution in [2.75, 3.05) is 32.5 Å². The molecule has 1 N–H and O–H groups in total. The van der Waals surface area contributed by atoms with Crippen molar-refractivity contribution in [2.45, 2.75) is 11.3 Å². The summed E-state index contributed by atoms with van der Waals surface area (Å²) < 4.78 is 0. The van der Waals surface area contributed by atoms with E-state index in [2.05, 4.69) is 36.9 Å². The summed E-state index contributed by atoms with van der Waals surface area (Å²) in [4.78, 5) is 3.10. The van der Waals surface area contributed by atoms with Gasteiger partial charge in [0.15, 0.2) is 0 Å². The summed E-state index contributed by atoms with van der Waals surface area (Å²) in [6.07, 6.45) is 1.10. The van der Waals surface area contributed by atoms with Crippen LogP contribution >= 0.6 is 24.2 Å². The largest absolute Gasteiger partial charge is 0.384 e. The number of nitrogens with one attached hydrogen (secondary N) is 1. The molecule has 1 aromatic carbocycles. The summed E-state index contributed by atoms with van der Waals surface area (Å²) in [7, 11) is 4.15. The third-order valence-electron chi connectivity index (χ3n) is 2.06. The lowest BCUT2D eigenvalue weighted by atomic mass is 10.3. The van der Waals surface area contributed by atoms with Gasteiger partial charge in [0.25, 0.3) is 0 Å². The zero-order chi connectivity index (χ0) is 11.3. The van der Waals surface area contributed by atoms with Crippen molar-refractivity contribution in [3.63, 3.8) is 0 Å². The predicted octanol–water partition coefficient (Wildman–Crippen LogP) is 2.99. The van der Waals surface area contributed by atoms with Gasteiger partial charge >= 0.3 is 0 Å². The van der Waals surface area contributed by atoms with Gasteiger partial charge in [0.05, 0.1) is 0 Å². The molecule has 0 radical (unpaired) electrons. The first kappa shape index (κ1) is 12.7. The molecule has 0 aliphatic carbocycles. The second-order valence-corrected chi connectivity index (χ2v) is 4.66. The summed E-state index contributed by atoms with van der Waals surface area (Å²) in [5.74, 6) is 0. The molecular weight excluding hydrogens is 228 g/mol. The molecule has 1 rings (SSSR count). The topological polar surface area (TPSA) is 15.3 Å². The van der Waals surface area contributed by atoms with E-state index >= 15 is 0 Å². The third kappa shape index (κ3) is 4.78. The van der Waals surface area contributed by atoms with Crippen molar-refractivity contribution in [1.29, 1.82) is 0 Å². The van der Waals surface area contributed by atoms with Gasteiger partial charge in [0.2, 0.25) is 0 Å². The second kappa shape index (κ2) is 6.26. The highest BCUT2D eigenvalue weighted by Gasteiger charge is 1.99. The van der Waals surface area contributed by atoms with Gasteiger partial charge in [-0.3, -0.25) is 0 Å². The van der Waals surface area contributed by atoms with Gasteiger partial charge < -0.3 is 10.2 Å². The number of nitrogens with zero attached hydrogens (tertiary/aromatic N) is 1. The van der Waals surface area contributed by atoms with Crippen LogP contribution in [0.3, 0.4) is 0 Å². The van der Waals surface area contributed by atoms with Crippen LogP contribution in [0.15, 0.2) is 23.1 Å². The Morgan fingerprint density at radius 3 is 2.80 bits per heavy atom. The zero-order valence-electron chi connectivity index (χ0n) is 9.13. The molecule has 0 heterocycles. The van der Waals surface area contributed by atoms with Crippen molar-refractivity contribution < 1.29 is 0 Å². The molecule has 0 unspecified atom stereocenters. The average Bonchev–Trinajstić information content (AvgIpc) is 2.17. The van der Waals surface area contributed by atoms with Crippen LogP contribution in [0.25, 0.3) is 0 Å². The summed E-state index contributed by atoms with van der Waals surface area (Å²) >= 11 is 10.3. The standard InChI is InChI=1S/C11H17ClN2S/c1-14(2)7-3-6-13-10-8-9(12)4-5-11(10)15/h4-5,8,13,15H,3,6-7H2,1-2H3. The fraction of sp³-hybridized carbons (Fsp3) is 0.455. The summed E-state index contributed by atoms with van der Waals surface area (Å²) in [5, 5.41) is 4.06. The van der Waals surface area contributed by atoms with E-state index in [4.69, 9.17) is 11.6 Å². The number of hydrogen-bond acceptors (Lipinski definition) is 3. The molecule has 0 aliphatic heterocycles. The Bertz CT molecular complexity index is 315. The Morgan fingerprint density at radius 1 is 1.40 bits per heavy atom. The van der Waals surface area contributed by atoms with Crippen molar-refractivity contribution in [3.05, 3.63) is 23.2 Å². The molecule has 0 aromatic heterocycles. The first-order valence-electron chi connectivity index (χ1n) is 4.96. The number of thiol groups is 1. The molecule has 0 spiro atoms. The van der Waals surface area contributed by atoms with Crippen LogP contribution in [0.4, 0.5) is 5.69 Å². The molecule has 0 saturated carbocycles. The van der Waals surface area contributed by atoms with E-state index in [0.29, 0.717) is 0 Å². The van der Waals surface area contributed by atoms with Gasteiger partial charge in [0, 0.05) is 22.2 Å². The normalized spacial score (nSPS) is 10.7. The summed E-state index contributed by atoms with van der Waals surface area (Å²) in [6, 6.07) is 5.65. The van der Waals surface area contributed by atoms with Crippen molar-refractivity contribution >= 4 is 29.9 Å².